The van der Waals surface area contributed by atoms with Gasteiger partial charge >= 0.3 is 0 Å². The van der Waals surface area contributed by atoms with Gasteiger partial charge in [-0.25, -0.2) is 0 Å². The van der Waals surface area contributed by atoms with Crippen molar-refractivity contribution in [3.63, 3.8) is 0 Å². The molecule has 0 radical (unpaired) electrons. The summed E-state index contributed by atoms with van der Waals surface area (Å²) in [5.74, 6) is 1.65. The van der Waals surface area contributed by atoms with Crippen LogP contribution in [0.5, 0.6) is 17.2 Å². The molecular weight excluding hydrogens is 282 g/mol. The van der Waals surface area contributed by atoms with Gasteiger partial charge in [-0.15, -0.1) is 0 Å². The molecule has 0 aromatic heterocycles. The van der Waals surface area contributed by atoms with Gasteiger partial charge in [0.1, 0.15) is 5.75 Å². The maximum absolute atomic E-state index is 12.4. The van der Waals surface area contributed by atoms with E-state index in [0.717, 1.165) is 12.0 Å². The summed E-state index contributed by atoms with van der Waals surface area (Å²) in [5, 5.41) is 2.88. The summed E-state index contributed by atoms with van der Waals surface area (Å²) in [6.07, 6.45) is 0.886. The number of anilines is 1. The number of methoxy groups -OCH3 is 1. The maximum atomic E-state index is 12.4. The molecule has 0 saturated heterocycles. The Kier molecular flexibility index (Phi) is 3.87. The Hall–Kier alpha value is -2.69. The fourth-order valence-electron chi connectivity index (χ4n) is 2.30. The Morgan fingerprint density at radius 2 is 2.00 bits per heavy atom. The smallest absolute Gasteiger partial charge is 0.255 e. The van der Waals surface area contributed by atoms with Crippen molar-refractivity contribution in [1.82, 2.24) is 0 Å². The quantitative estimate of drug-likeness (QED) is 0.941. The van der Waals surface area contributed by atoms with Crippen LogP contribution in [0, 0.1) is 0 Å². The van der Waals surface area contributed by atoms with E-state index in [1.54, 1.807) is 25.3 Å². The van der Waals surface area contributed by atoms with E-state index >= 15 is 0 Å². The molecule has 1 aliphatic heterocycles. The third kappa shape index (κ3) is 2.70. The first-order valence-corrected chi connectivity index (χ1v) is 7.09. The van der Waals surface area contributed by atoms with Gasteiger partial charge in [0.05, 0.1) is 12.8 Å². The summed E-state index contributed by atoms with van der Waals surface area (Å²) in [5.41, 5.74) is 2.29. The van der Waals surface area contributed by atoms with Crippen molar-refractivity contribution in [3.8, 4) is 17.2 Å². The molecule has 114 valence electrons. The number of fused-ring (bicyclic) bond motifs is 1. The summed E-state index contributed by atoms with van der Waals surface area (Å²) in [4.78, 5) is 12.4. The van der Waals surface area contributed by atoms with Crippen LogP contribution in [0.15, 0.2) is 36.4 Å². The molecule has 0 unspecified atom stereocenters. The number of ether oxygens (including phenoxy) is 3. The van der Waals surface area contributed by atoms with Crippen molar-refractivity contribution in [2.45, 2.75) is 13.3 Å². The molecule has 1 aliphatic rings. The molecule has 1 N–H and O–H groups in total. The first-order valence-electron chi connectivity index (χ1n) is 7.09. The van der Waals surface area contributed by atoms with E-state index in [-0.39, 0.29) is 12.7 Å². The molecule has 0 saturated carbocycles. The van der Waals surface area contributed by atoms with Gasteiger partial charge in [0, 0.05) is 5.56 Å². The average Bonchev–Trinajstić information content (AvgIpc) is 3.02. The van der Waals surface area contributed by atoms with Gasteiger partial charge in [-0.3, -0.25) is 4.79 Å². The lowest BCUT2D eigenvalue weighted by Gasteiger charge is -2.12. The van der Waals surface area contributed by atoms with Gasteiger partial charge in [0.15, 0.2) is 11.5 Å². The fraction of sp³-hybridized carbons (Fsp3) is 0.235. The average molecular weight is 299 g/mol. The van der Waals surface area contributed by atoms with Crippen molar-refractivity contribution >= 4 is 11.6 Å². The number of nitrogens with one attached hydrogen (secondary N) is 1. The Balaban J connectivity index is 1.85. The minimum absolute atomic E-state index is 0.187. The SMILES string of the molecule is CCc1ccc(OC)c(NC(=O)c2ccc3c(c2)OCO3)c1. The Morgan fingerprint density at radius 1 is 1.18 bits per heavy atom. The molecular formula is C17H17NO4. The molecule has 3 rings (SSSR count). The number of carbonyl (C=O) groups excluding carboxylic acids is 1. The first-order chi connectivity index (χ1) is 10.7. The summed E-state index contributed by atoms with van der Waals surface area (Å²) in [6, 6.07) is 10.9. The Bertz CT molecular complexity index is 712. The summed E-state index contributed by atoms with van der Waals surface area (Å²) in [6.45, 7) is 2.25. The van der Waals surface area contributed by atoms with E-state index in [9.17, 15) is 4.79 Å². The van der Waals surface area contributed by atoms with Crippen molar-refractivity contribution < 1.29 is 19.0 Å². The largest absolute Gasteiger partial charge is 0.495 e. The maximum Gasteiger partial charge on any atom is 0.255 e. The summed E-state index contributed by atoms with van der Waals surface area (Å²) in [7, 11) is 1.58. The molecule has 2 aromatic rings. The van der Waals surface area contributed by atoms with Gasteiger partial charge in [-0.1, -0.05) is 13.0 Å². The molecule has 2 aromatic carbocycles. The number of rotatable bonds is 4. The predicted molar refractivity (Wildman–Crippen MR) is 82.9 cm³/mol. The van der Waals surface area contributed by atoms with E-state index in [4.69, 9.17) is 14.2 Å². The highest BCUT2D eigenvalue weighted by Crippen LogP contribution is 2.33. The fourth-order valence-corrected chi connectivity index (χ4v) is 2.30. The lowest BCUT2D eigenvalue weighted by atomic mass is 10.1. The predicted octanol–water partition coefficient (Wildman–Crippen LogP) is 3.24. The van der Waals surface area contributed by atoms with E-state index in [1.165, 1.54) is 0 Å². The summed E-state index contributed by atoms with van der Waals surface area (Å²) >= 11 is 0. The highest BCUT2D eigenvalue weighted by Gasteiger charge is 2.17. The van der Waals surface area contributed by atoms with Crippen LogP contribution < -0.4 is 19.5 Å². The van der Waals surface area contributed by atoms with Crippen LogP contribution in [-0.2, 0) is 6.42 Å². The van der Waals surface area contributed by atoms with Crippen molar-refractivity contribution in [2.75, 3.05) is 19.2 Å². The number of benzene rings is 2. The van der Waals surface area contributed by atoms with Crippen molar-refractivity contribution in [1.29, 1.82) is 0 Å². The number of carbonyl (C=O) groups is 1. The first kappa shape index (κ1) is 14.3. The normalized spacial score (nSPS) is 12.1. The lowest BCUT2D eigenvalue weighted by molar-refractivity contribution is 0.102. The second kappa shape index (κ2) is 5.97. The van der Waals surface area contributed by atoms with Crippen LogP contribution in [-0.4, -0.2) is 19.8 Å². The van der Waals surface area contributed by atoms with E-state index in [1.807, 2.05) is 18.2 Å². The number of hydrogen-bond acceptors (Lipinski definition) is 4. The highest BCUT2D eigenvalue weighted by molar-refractivity contribution is 6.05. The van der Waals surface area contributed by atoms with Crippen LogP contribution in [0.1, 0.15) is 22.8 Å². The topological polar surface area (TPSA) is 56.8 Å². The second-order valence-corrected chi connectivity index (χ2v) is 4.91. The van der Waals surface area contributed by atoms with Crippen molar-refractivity contribution in [2.24, 2.45) is 0 Å². The molecule has 1 heterocycles. The van der Waals surface area contributed by atoms with Gasteiger partial charge in [0.2, 0.25) is 6.79 Å². The molecule has 5 heteroatoms. The molecule has 0 fully saturated rings. The van der Waals surface area contributed by atoms with E-state index < -0.39 is 0 Å². The zero-order chi connectivity index (χ0) is 15.5. The highest BCUT2D eigenvalue weighted by atomic mass is 16.7. The third-order valence-corrected chi connectivity index (χ3v) is 3.56. The molecule has 0 spiro atoms. The van der Waals surface area contributed by atoms with Crippen LogP contribution in [0.3, 0.4) is 0 Å². The Labute approximate surface area is 128 Å². The Morgan fingerprint density at radius 3 is 2.77 bits per heavy atom. The molecule has 0 bridgehead atoms. The van der Waals surface area contributed by atoms with Crippen LogP contribution in [0.2, 0.25) is 0 Å². The van der Waals surface area contributed by atoms with Gasteiger partial charge in [-0.2, -0.15) is 0 Å². The molecule has 0 aliphatic carbocycles. The zero-order valence-corrected chi connectivity index (χ0v) is 12.5. The van der Waals surface area contributed by atoms with Gasteiger partial charge < -0.3 is 19.5 Å². The molecule has 22 heavy (non-hydrogen) atoms. The van der Waals surface area contributed by atoms with Gasteiger partial charge in [0.25, 0.3) is 5.91 Å². The van der Waals surface area contributed by atoms with E-state index in [0.29, 0.717) is 28.5 Å². The number of amides is 1. The number of hydrogen-bond donors (Lipinski definition) is 1. The molecule has 1 amide bonds. The van der Waals surface area contributed by atoms with Crippen molar-refractivity contribution in [3.05, 3.63) is 47.5 Å². The van der Waals surface area contributed by atoms with Crippen LogP contribution in [0.4, 0.5) is 5.69 Å². The third-order valence-electron chi connectivity index (χ3n) is 3.56. The standard InChI is InChI=1S/C17H17NO4/c1-3-11-4-6-14(20-2)13(8-11)18-17(19)12-5-7-15-16(9-12)22-10-21-15/h4-9H,3,10H2,1-2H3,(H,18,19). The lowest BCUT2D eigenvalue weighted by Crippen LogP contribution is -2.12. The summed E-state index contributed by atoms with van der Waals surface area (Å²) < 4.78 is 15.8. The van der Waals surface area contributed by atoms with Gasteiger partial charge in [-0.05, 0) is 42.3 Å². The molecule has 0 atom stereocenters. The second-order valence-electron chi connectivity index (χ2n) is 4.91. The van der Waals surface area contributed by atoms with E-state index in [2.05, 4.69) is 12.2 Å². The minimum Gasteiger partial charge on any atom is -0.495 e. The molecule has 5 nitrogen and oxygen atoms in total. The van der Waals surface area contributed by atoms with Crippen LogP contribution >= 0.6 is 0 Å². The monoisotopic (exact) mass is 299 g/mol. The minimum atomic E-state index is -0.218. The van der Waals surface area contributed by atoms with Crippen LogP contribution in [0.25, 0.3) is 0 Å². The number of aryl methyl sites for hydroxylation is 1. The zero-order valence-electron chi connectivity index (χ0n) is 12.5.